The topological polar surface area (TPSA) is 46.2 Å². The lowest BCUT2D eigenvalue weighted by Gasteiger charge is -2.16. The highest BCUT2D eigenvalue weighted by atomic mass is 16.3. The molecule has 0 saturated carbocycles. The van der Waals surface area contributed by atoms with E-state index in [4.69, 9.17) is 5.73 Å². The number of hydrogen-bond acceptors (Lipinski definition) is 2. The number of aryl methyl sites for hydroxylation is 2. The number of benzene rings is 2. The molecule has 2 rings (SSSR count). The summed E-state index contributed by atoms with van der Waals surface area (Å²) in [6.45, 7) is 6.06. The van der Waals surface area contributed by atoms with Crippen LogP contribution in [-0.4, -0.2) is 5.11 Å². The van der Waals surface area contributed by atoms with Crippen LogP contribution in [0.1, 0.15) is 33.9 Å². The van der Waals surface area contributed by atoms with Gasteiger partial charge >= 0.3 is 0 Å². The SMILES string of the molecule is Cc1ccc([C@H](O)c2cccc(N)c2C)cc1C. The number of anilines is 1. The van der Waals surface area contributed by atoms with Crippen LogP contribution in [0.3, 0.4) is 0 Å². The van der Waals surface area contributed by atoms with E-state index in [1.807, 2.05) is 43.3 Å². The van der Waals surface area contributed by atoms with E-state index in [0.29, 0.717) is 0 Å². The van der Waals surface area contributed by atoms with Gasteiger partial charge in [0.2, 0.25) is 0 Å². The lowest BCUT2D eigenvalue weighted by Crippen LogP contribution is -2.04. The van der Waals surface area contributed by atoms with Crippen LogP contribution in [0.25, 0.3) is 0 Å². The summed E-state index contributed by atoms with van der Waals surface area (Å²) in [6.07, 6.45) is -0.618. The van der Waals surface area contributed by atoms with Gasteiger partial charge < -0.3 is 10.8 Å². The quantitative estimate of drug-likeness (QED) is 0.793. The molecule has 2 aromatic carbocycles. The van der Waals surface area contributed by atoms with Crippen molar-refractivity contribution in [3.05, 3.63) is 64.2 Å². The lowest BCUT2D eigenvalue weighted by atomic mass is 9.94. The Kier molecular flexibility index (Phi) is 3.39. The van der Waals surface area contributed by atoms with Gasteiger partial charge in [-0.3, -0.25) is 0 Å². The second-order valence-electron chi connectivity index (χ2n) is 4.81. The van der Waals surface area contributed by atoms with E-state index in [-0.39, 0.29) is 0 Å². The third-order valence-corrected chi connectivity index (χ3v) is 3.56. The molecule has 0 amide bonds. The van der Waals surface area contributed by atoms with E-state index in [2.05, 4.69) is 13.8 Å². The zero-order valence-electron chi connectivity index (χ0n) is 11.1. The number of nitrogen functional groups attached to an aromatic ring is 1. The maximum absolute atomic E-state index is 10.5. The van der Waals surface area contributed by atoms with Crippen molar-refractivity contribution in [1.29, 1.82) is 0 Å². The molecule has 18 heavy (non-hydrogen) atoms. The first kappa shape index (κ1) is 12.7. The highest BCUT2D eigenvalue weighted by Gasteiger charge is 2.14. The number of aliphatic hydroxyl groups is 1. The molecule has 0 radical (unpaired) electrons. The molecule has 0 unspecified atom stereocenters. The molecular weight excluding hydrogens is 222 g/mol. The Hall–Kier alpha value is -1.80. The van der Waals surface area contributed by atoms with Gasteiger partial charge in [-0.15, -0.1) is 0 Å². The molecule has 0 aliphatic rings. The minimum atomic E-state index is -0.618. The second-order valence-corrected chi connectivity index (χ2v) is 4.81. The van der Waals surface area contributed by atoms with Gasteiger partial charge in [-0.1, -0.05) is 30.3 Å². The zero-order chi connectivity index (χ0) is 13.3. The first-order valence-corrected chi connectivity index (χ1v) is 6.11. The van der Waals surface area contributed by atoms with Crippen molar-refractivity contribution in [3.8, 4) is 0 Å². The molecule has 0 spiro atoms. The maximum Gasteiger partial charge on any atom is 0.104 e. The van der Waals surface area contributed by atoms with Crippen LogP contribution in [0.5, 0.6) is 0 Å². The Bertz CT molecular complexity index is 575. The molecule has 0 saturated heterocycles. The summed E-state index contributed by atoms with van der Waals surface area (Å²) in [6, 6.07) is 11.7. The van der Waals surface area contributed by atoms with Gasteiger partial charge in [0.15, 0.2) is 0 Å². The monoisotopic (exact) mass is 241 g/mol. The fourth-order valence-corrected chi connectivity index (χ4v) is 2.08. The zero-order valence-corrected chi connectivity index (χ0v) is 11.1. The van der Waals surface area contributed by atoms with Crippen LogP contribution < -0.4 is 5.73 Å². The minimum absolute atomic E-state index is 0.618. The van der Waals surface area contributed by atoms with E-state index in [9.17, 15) is 5.11 Å². The van der Waals surface area contributed by atoms with Crippen molar-refractivity contribution in [2.75, 3.05) is 5.73 Å². The standard InChI is InChI=1S/C16H19NO/c1-10-7-8-13(9-11(10)2)16(18)14-5-4-6-15(17)12(14)3/h4-9,16,18H,17H2,1-3H3/t16-/m0/s1. The molecule has 2 heteroatoms. The highest BCUT2D eigenvalue weighted by molar-refractivity contribution is 5.52. The van der Waals surface area contributed by atoms with Crippen molar-refractivity contribution in [2.45, 2.75) is 26.9 Å². The molecule has 0 aromatic heterocycles. The van der Waals surface area contributed by atoms with E-state index >= 15 is 0 Å². The van der Waals surface area contributed by atoms with Gasteiger partial charge in [0.25, 0.3) is 0 Å². The van der Waals surface area contributed by atoms with Crippen LogP contribution in [0.4, 0.5) is 5.69 Å². The second kappa shape index (κ2) is 4.83. The van der Waals surface area contributed by atoms with Crippen molar-refractivity contribution in [2.24, 2.45) is 0 Å². The van der Waals surface area contributed by atoms with Crippen LogP contribution in [-0.2, 0) is 0 Å². The number of nitrogens with two attached hydrogens (primary N) is 1. The fraction of sp³-hybridized carbons (Fsp3) is 0.250. The van der Waals surface area contributed by atoms with Crippen molar-refractivity contribution < 1.29 is 5.11 Å². The first-order valence-electron chi connectivity index (χ1n) is 6.11. The average molecular weight is 241 g/mol. The average Bonchev–Trinajstić information content (AvgIpc) is 2.35. The van der Waals surface area contributed by atoms with Crippen LogP contribution in [0.15, 0.2) is 36.4 Å². The molecule has 2 nitrogen and oxygen atoms in total. The van der Waals surface area contributed by atoms with Gasteiger partial charge in [0, 0.05) is 5.69 Å². The molecule has 0 bridgehead atoms. The first-order chi connectivity index (χ1) is 8.50. The van der Waals surface area contributed by atoms with E-state index in [1.54, 1.807) is 0 Å². The molecule has 3 N–H and O–H groups in total. The summed E-state index contributed by atoms with van der Waals surface area (Å²) in [5.74, 6) is 0. The number of hydrogen-bond donors (Lipinski definition) is 2. The normalized spacial score (nSPS) is 12.4. The van der Waals surface area contributed by atoms with E-state index in [1.165, 1.54) is 11.1 Å². The predicted octanol–water partition coefficient (Wildman–Crippen LogP) is 3.28. The molecular formula is C16H19NO. The molecule has 94 valence electrons. The summed E-state index contributed by atoms with van der Waals surface area (Å²) < 4.78 is 0. The van der Waals surface area contributed by atoms with Crippen LogP contribution in [0, 0.1) is 20.8 Å². The Morgan fingerprint density at radius 1 is 1.00 bits per heavy atom. The van der Waals surface area contributed by atoms with Crippen molar-refractivity contribution in [3.63, 3.8) is 0 Å². The van der Waals surface area contributed by atoms with Crippen molar-refractivity contribution >= 4 is 5.69 Å². The summed E-state index contributed by atoms with van der Waals surface area (Å²) in [4.78, 5) is 0. The van der Waals surface area contributed by atoms with Crippen molar-refractivity contribution in [1.82, 2.24) is 0 Å². The van der Waals surface area contributed by atoms with Gasteiger partial charge in [0.05, 0.1) is 0 Å². The summed E-state index contributed by atoms with van der Waals surface area (Å²) in [5, 5.41) is 10.5. The Morgan fingerprint density at radius 2 is 1.72 bits per heavy atom. The van der Waals surface area contributed by atoms with Gasteiger partial charge in [-0.05, 0) is 54.7 Å². The summed E-state index contributed by atoms with van der Waals surface area (Å²) in [5.41, 5.74) is 11.7. The smallest absolute Gasteiger partial charge is 0.104 e. The molecule has 0 aliphatic heterocycles. The summed E-state index contributed by atoms with van der Waals surface area (Å²) in [7, 11) is 0. The largest absolute Gasteiger partial charge is 0.399 e. The van der Waals surface area contributed by atoms with E-state index < -0.39 is 6.10 Å². The van der Waals surface area contributed by atoms with Crippen LogP contribution >= 0.6 is 0 Å². The molecule has 1 atom stereocenters. The Morgan fingerprint density at radius 3 is 2.39 bits per heavy atom. The van der Waals surface area contributed by atoms with Gasteiger partial charge in [-0.25, -0.2) is 0 Å². The molecule has 0 aliphatic carbocycles. The van der Waals surface area contributed by atoms with Gasteiger partial charge in [-0.2, -0.15) is 0 Å². The fourth-order valence-electron chi connectivity index (χ4n) is 2.08. The third kappa shape index (κ3) is 2.24. The number of aliphatic hydroxyl groups excluding tert-OH is 1. The van der Waals surface area contributed by atoms with E-state index in [0.717, 1.165) is 22.4 Å². The molecule has 0 heterocycles. The Labute approximate surface area is 108 Å². The highest BCUT2D eigenvalue weighted by Crippen LogP contribution is 2.28. The maximum atomic E-state index is 10.5. The molecule has 0 fully saturated rings. The lowest BCUT2D eigenvalue weighted by molar-refractivity contribution is 0.219. The minimum Gasteiger partial charge on any atom is -0.399 e. The number of rotatable bonds is 2. The van der Waals surface area contributed by atoms with Crippen LogP contribution in [0.2, 0.25) is 0 Å². The predicted molar refractivity (Wildman–Crippen MR) is 75.6 cm³/mol. The molecule has 2 aromatic rings. The third-order valence-electron chi connectivity index (χ3n) is 3.56. The Balaban J connectivity index is 2.44. The van der Waals surface area contributed by atoms with Gasteiger partial charge in [0.1, 0.15) is 6.10 Å². The summed E-state index contributed by atoms with van der Waals surface area (Å²) >= 11 is 0.